The number of nitrogens with zero attached hydrogens (tertiary/aromatic N) is 1. The average molecular weight is 330 g/mol. The van der Waals surface area contributed by atoms with E-state index in [1.807, 2.05) is 0 Å². The second-order valence-corrected chi connectivity index (χ2v) is 3.67. The molecule has 2 amide bonds. The first-order valence-electron chi connectivity index (χ1n) is 6.19. The van der Waals surface area contributed by atoms with Gasteiger partial charge in [-0.3, -0.25) is 9.69 Å². The Bertz CT molecular complexity index is 345. The van der Waals surface area contributed by atoms with Crippen LogP contribution >= 0.6 is 0 Å². The molecule has 0 bridgehead atoms. The van der Waals surface area contributed by atoms with Crippen molar-refractivity contribution >= 4 is 12.3 Å². The highest BCUT2D eigenvalue weighted by Crippen LogP contribution is 2.23. The second kappa shape index (κ2) is 14.3. The van der Waals surface area contributed by atoms with E-state index in [4.69, 9.17) is 14.9 Å². The highest BCUT2D eigenvalue weighted by molar-refractivity contribution is 5.77. The van der Waals surface area contributed by atoms with Crippen LogP contribution in [0.4, 0.5) is 18.0 Å². The fraction of sp³-hybridized carbons (Fsp3) is 0.667. The quantitative estimate of drug-likeness (QED) is 0.519. The van der Waals surface area contributed by atoms with Crippen LogP contribution in [0.15, 0.2) is 12.0 Å². The zero-order chi connectivity index (χ0) is 17.5. The maximum Gasteiger partial charge on any atom is 0.323 e. The summed E-state index contributed by atoms with van der Waals surface area (Å²) in [6.07, 6.45) is 0.814. The van der Waals surface area contributed by atoms with Crippen molar-refractivity contribution in [1.29, 1.82) is 0 Å². The third-order valence-electron chi connectivity index (χ3n) is 2.42. The van der Waals surface area contributed by atoms with Crippen LogP contribution in [-0.2, 0) is 9.53 Å². The van der Waals surface area contributed by atoms with Crippen LogP contribution in [0.2, 0.25) is 0 Å². The Kier molecular flexibility index (Phi) is 14.7. The van der Waals surface area contributed by atoms with E-state index in [-0.39, 0.29) is 19.0 Å². The molecule has 3 N–H and O–H groups in total. The van der Waals surface area contributed by atoms with Gasteiger partial charge in [-0.05, 0) is 12.8 Å². The van der Waals surface area contributed by atoms with E-state index in [0.717, 1.165) is 18.2 Å². The molecule has 130 valence electrons. The number of ether oxygens (including phenoxy) is 1. The lowest BCUT2D eigenvalue weighted by atomic mass is 10.2. The first-order chi connectivity index (χ1) is 10.5. The van der Waals surface area contributed by atoms with Crippen molar-refractivity contribution in [2.45, 2.75) is 25.2 Å². The molecule has 1 fully saturated rings. The molecule has 10 heteroatoms. The number of nitrogens with one attached hydrogen (secondary N) is 1. The van der Waals surface area contributed by atoms with Gasteiger partial charge < -0.3 is 20.3 Å². The number of halogens is 3. The Balaban J connectivity index is 0. The summed E-state index contributed by atoms with van der Waals surface area (Å²) >= 11 is 0. The third kappa shape index (κ3) is 8.60. The number of hydrogen-bond acceptors (Lipinski definition) is 5. The molecule has 7 nitrogen and oxygen atoms in total. The molecule has 0 aromatic rings. The van der Waals surface area contributed by atoms with Gasteiger partial charge in [-0.15, -0.1) is 0 Å². The predicted molar refractivity (Wildman–Crippen MR) is 71.8 cm³/mol. The molecule has 0 aromatic heterocycles. The zero-order valence-electron chi connectivity index (χ0n) is 12.3. The predicted octanol–water partition coefficient (Wildman–Crippen LogP) is 0.626. The molecular weight excluding hydrogens is 309 g/mol. The number of hydrogen-bond donors (Lipinski definition) is 3. The van der Waals surface area contributed by atoms with Gasteiger partial charge in [0, 0.05) is 14.2 Å². The number of urea groups is 1. The van der Waals surface area contributed by atoms with Crippen LogP contribution in [-0.4, -0.2) is 67.5 Å². The van der Waals surface area contributed by atoms with E-state index < -0.39 is 25.0 Å². The second-order valence-electron chi connectivity index (χ2n) is 3.67. The molecule has 0 saturated carbocycles. The first kappa shape index (κ1) is 22.6. The van der Waals surface area contributed by atoms with Gasteiger partial charge in [0.1, 0.15) is 6.23 Å². The smallest absolute Gasteiger partial charge is 0.323 e. The Morgan fingerprint density at radius 3 is 2.32 bits per heavy atom. The normalized spacial score (nSPS) is 20.0. The largest absolute Gasteiger partial charge is 0.400 e. The minimum atomic E-state index is -1.75. The fourth-order valence-electron chi connectivity index (χ4n) is 1.59. The van der Waals surface area contributed by atoms with Gasteiger partial charge in [-0.25, -0.2) is 18.0 Å². The number of carbonyl (C=O) groups excluding carboxylic acids is 2. The minimum Gasteiger partial charge on any atom is -0.400 e. The molecule has 2 atom stereocenters. The SMILES string of the molecule is CNC(=O)N(/C=C(/F)C=O)C1CCC(CO)O1.CO.FCF. The Labute approximate surface area is 126 Å². The van der Waals surface area contributed by atoms with Crippen LogP contribution in [0.3, 0.4) is 0 Å². The van der Waals surface area contributed by atoms with E-state index in [0.29, 0.717) is 12.8 Å². The van der Waals surface area contributed by atoms with Crippen LogP contribution in [0.5, 0.6) is 0 Å². The van der Waals surface area contributed by atoms with E-state index >= 15 is 0 Å². The highest BCUT2D eigenvalue weighted by Gasteiger charge is 2.31. The molecule has 0 aromatic carbocycles. The zero-order valence-corrected chi connectivity index (χ0v) is 12.3. The molecule has 2 unspecified atom stereocenters. The Morgan fingerprint density at radius 1 is 1.41 bits per heavy atom. The molecule has 0 aliphatic carbocycles. The summed E-state index contributed by atoms with van der Waals surface area (Å²) in [5, 5.41) is 18.2. The summed E-state index contributed by atoms with van der Waals surface area (Å²) in [4.78, 5) is 22.7. The van der Waals surface area contributed by atoms with Gasteiger partial charge in [0.05, 0.1) is 18.9 Å². The monoisotopic (exact) mass is 330 g/mol. The fourth-order valence-corrected chi connectivity index (χ4v) is 1.59. The number of aldehydes is 1. The van der Waals surface area contributed by atoms with Crippen LogP contribution in [0, 0.1) is 0 Å². The number of rotatable bonds is 4. The van der Waals surface area contributed by atoms with Crippen molar-refractivity contribution in [2.24, 2.45) is 0 Å². The summed E-state index contributed by atoms with van der Waals surface area (Å²) in [5.41, 5.74) is 0. The number of alkyl halides is 2. The molecular formula is C12H21F3N2O5. The summed E-state index contributed by atoms with van der Waals surface area (Å²) in [7, 11) is 2.39. The van der Waals surface area contributed by atoms with E-state index in [9.17, 15) is 22.8 Å². The van der Waals surface area contributed by atoms with Crippen molar-refractivity contribution in [2.75, 3.05) is 27.7 Å². The number of amides is 2. The molecule has 1 heterocycles. The number of aliphatic hydroxyl groups excluding tert-OH is 2. The van der Waals surface area contributed by atoms with Gasteiger partial charge in [0.2, 0.25) is 6.93 Å². The molecule has 1 aliphatic rings. The van der Waals surface area contributed by atoms with Gasteiger partial charge in [0.25, 0.3) is 0 Å². The van der Waals surface area contributed by atoms with Crippen molar-refractivity contribution in [3.8, 4) is 0 Å². The van der Waals surface area contributed by atoms with Crippen LogP contribution in [0.1, 0.15) is 12.8 Å². The van der Waals surface area contributed by atoms with E-state index in [1.54, 1.807) is 0 Å². The van der Waals surface area contributed by atoms with Gasteiger partial charge in [-0.1, -0.05) is 0 Å². The molecule has 1 aliphatic heterocycles. The highest BCUT2D eigenvalue weighted by atomic mass is 19.3. The third-order valence-corrected chi connectivity index (χ3v) is 2.42. The Morgan fingerprint density at radius 2 is 1.95 bits per heavy atom. The minimum absolute atomic E-state index is 0.00835. The lowest BCUT2D eigenvalue weighted by molar-refractivity contribution is -0.106. The van der Waals surface area contributed by atoms with Gasteiger partial charge >= 0.3 is 6.03 Å². The molecule has 0 spiro atoms. The van der Waals surface area contributed by atoms with E-state index in [2.05, 4.69) is 5.32 Å². The summed E-state index contributed by atoms with van der Waals surface area (Å²) in [6.45, 7) is -1.90. The van der Waals surface area contributed by atoms with Crippen LogP contribution < -0.4 is 5.32 Å². The summed E-state index contributed by atoms with van der Waals surface area (Å²) in [5.74, 6) is -1.07. The number of aliphatic hydroxyl groups is 2. The summed E-state index contributed by atoms with van der Waals surface area (Å²) < 4.78 is 37.5. The average Bonchev–Trinajstić information content (AvgIpc) is 3.03. The topological polar surface area (TPSA) is 99.1 Å². The lowest BCUT2D eigenvalue weighted by Gasteiger charge is -2.24. The molecule has 22 heavy (non-hydrogen) atoms. The van der Waals surface area contributed by atoms with Crippen molar-refractivity contribution < 1.29 is 37.7 Å². The standard InChI is InChI=1S/C10H15FN2O4.CH2F2.CH4O/c1-12-10(16)13(4-7(11)5-14)9-3-2-8(6-15)17-9;2-1-3;1-2/h4-5,8-9,15H,2-3,6H2,1H3,(H,12,16);1H2;2H,1H3/b7-4+;;. The van der Waals surface area contributed by atoms with Crippen molar-refractivity contribution in [3.05, 3.63) is 12.0 Å². The lowest BCUT2D eigenvalue weighted by Crippen LogP contribution is -2.42. The van der Waals surface area contributed by atoms with Crippen LogP contribution in [0.25, 0.3) is 0 Å². The number of allylic oxidation sites excluding steroid dienone is 1. The van der Waals surface area contributed by atoms with Crippen molar-refractivity contribution in [1.82, 2.24) is 10.2 Å². The molecule has 1 saturated heterocycles. The van der Waals surface area contributed by atoms with Crippen molar-refractivity contribution in [3.63, 3.8) is 0 Å². The van der Waals surface area contributed by atoms with Gasteiger partial charge in [-0.2, -0.15) is 0 Å². The van der Waals surface area contributed by atoms with Gasteiger partial charge in [0.15, 0.2) is 12.1 Å². The molecule has 1 rings (SSSR count). The Hall–Kier alpha value is -1.65. The molecule has 0 radical (unpaired) electrons. The first-order valence-corrected chi connectivity index (χ1v) is 6.19. The summed E-state index contributed by atoms with van der Waals surface area (Å²) in [6, 6.07) is -0.578. The number of carbonyl (C=O) groups is 2. The maximum atomic E-state index is 12.9. The maximum absolute atomic E-state index is 12.9. The van der Waals surface area contributed by atoms with E-state index in [1.165, 1.54) is 7.05 Å².